The molecule has 0 unspecified atom stereocenters. The third kappa shape index (κ3) is 4.58. The molecular weight excluding hydrogens is 330 g/mol. The fourth-order valence-corrected chi connectivity index (χ4v) is 2.52. The van der Waals surface area contributed by atoms with Crippen LogP contribution in [0.1, 0.15) is 25.8 Å². The highest BCUT2D eigenvalue weighted by Crippen LogP contribution is 2.19. The predicted molar refractivity (Wildman–Crippen MR) is 93.6 cm³/mol. The van der Waals surface area contributed by atoms with Gasteiger partial charge in [0.15, 0.2) is 0 Å². The van der Waals surface area contributed by atoms with Crippen LogP contribution in [0.15, 0.2) is 41.3 Å². The van der Waals surface area contributed by atoms with Crippen molar-refractivity contribution in [2.75, 3.05) is 5.32 Å². The Hall–Kier alpha value is -2.34. The van der Waals surface area contributed by atoms with Gasteiger partial charge >= 0.3 is 5.97 Å². The quantitative estimate of drug-likeness (QED) is 0.803. The minimum Gasteiger partial charge on any atom is -0.480 e. The molecule has 0 aliphatic carbocycles. The molecule has 0 radical (unpaired) electrons. The number of carboxylic acid groups (broad SMARTS) is 1. The zero-order chi connectivity index (χ0) is 17.7. The van der Waals surface area contributed by atoms with E-state index >= 15 is 0 Å². The number of nitrogens with one attached hydrogen (secondary N) is 1. The number of anilines is 1. The number of carbonyl (C=O) groups is 1. The second-order valence-corrected chi connectivity index (χ2v) is 6.36. The SMILES string of the molecule is CC(C)C[C@H](Nc1cnn(Cc2ccccc2)c(=O)c1Cl)C(=O)O. The number of rotatable bonds is 7. The molecule has 1 aromatic carbocycles. The van der Waals surface area contributed by atoms with Gasteiger partial charge in [-0.1, -0.05) is 55.8 Å². The third-order valence-electron chi connectivity index (χ3n) is 3.49. The molecule has 1 aromatic heterocycles. The summed E-state index contributed by atoms with van der Waals surface area (Å²) in [4.78, 5) is 23.7. The van der Waals surface area contributed by atoms with E-state index < -0.39 is 17.6 Å². The maximum absolute atomic E-state index is 12.3. The second-order valence-electron chi connectivity index (χ2n) is 5.99. The average Bonchev–Trinajstić information content (AvgIpc) is 2.54. The lowest BCUT2D eigenvalue weighted by Gasteiger charge is -2.18. The van der Waals surface area contributed by atoms with Crippen LogP contribution in [0.25, 0.3) is 0 Å². The molecule has 0 bridgehead atoms. The molecule has 0 aliphatic heterocycles. The Bertz CT molecular complexity index is 759. The van der Waals surface area contributed by atoms with Crippen LogP contribution >= 0.6 is 11.6 Å². The van der Waals surface area contributed by atoms with Crippen molar-refractivity contribution in [2.24, 2.45) is 5.92 Å². The summed E-state index contributed by atoms with van der Waals surface area (Å²) in [5.74, 6) is -0.808. The number of benzene rings is 1. The first-order valence-corrected chi connectivity index (χ1v) is 8.05. The Labute approximate surface area is 145 Å². The molecule has 2 N–H and O–H groups in total. The fraction of sp³-hybridized carbons (Fsp3) is 0.353. The Morgan fingerprint density at radius 1 is 1.33 bits per heavy atom. The van der Waals surface area contributed by atoms with Crippen LogP contribution in [-0.4, -0.2) is 26.9 Å². The van der Waals surface area contributed by atoms with Crippen molar-refractivity contribution in [2.45, 2.75) is 32.9 Å². The van der Waals surface area contributed by atoms with E-state index in [1.165, 1.54) is 10.9 Å². The maximum Gasteiger partial charge on any atom is 0.326 e. The van der Waals surface area contributed by atoms with Gasteiger partial charge < -0.3 is 10.4 Å². The van der Waals surface area contributed by atoms with Crippen LogP contribution < -0.4 is 10.9 Å². The molecule has 7 heteroatoms. The third-order valence-corrected chi connectivity index (χ3v) is 3.86. The minimum absolute atomic E-state index is 0.0593. The van der Waals surface area contributed by atoms with E-state index in [0.29, 0.717) is 13.0 Å². The number of halogens is 1. The normalized spacial score (nSPS) is 12.2. The van der Waals surface area contributed by atoms with Crippen molar-refractivity contribution in [3.8, 4) is 0 Å². The number of nitrogens with zero attached hydrogens (tertiary/aromatic N) is 2. The van der Waals surface area contributed by atoms with E-state index in [-0.39, 0.29) is 16.6 Å². The first kappa shape index (κ1) is 18.0. The highest BCUT2D eigenvalue weighted by molar-refractivity contribution is 6.33. The second kappa shape index (κ2) is 7.97. The summed E-state index contributed by atoms with van der Waals surface area (Å²) in [7, 11) is 0. The molecule has 128 valence electrons. The van der Waals surface area contributed by atoms with Crippen molar-refractivity contribution in [1.29, 1.82) is 0 Å². The first-order valence-electron chi connectivity index (χ1n) is 7.67. The van der Waals surface area contributed by atoms with Crippen LogP contribution in [0.2, 0.25) is 5.02 Å². The summed E-state index contributed by atoms with van der Waals surface area (Å²) >= 11 is 6.12. The zero-order valence-corrected chi connectivity index (χ0v) is 14.3. The Kier molecular flexibility index (Phi) is 5.98. The molecule has 2 aromatic rings. The van der Waals surface area contributed by atoms with Gasteiger partial charge in [0, 0.05) is 0 Å². The monoisotopic (exact) mass is 349 g/mol. The van der Waals surface area contributed by atoms with Crippen molar-refractivity contribution in [3.63, 3.8) is 0 Å². The van der Waals surface area contributed by atoms with Crippen molar-refractivity contribution in [3.05, 3.63) is 57.5 Å². The van der Waals surface area contributed by atoms with E-state index in [0.717, 1.165) is 5.56 Å². The molecule has 0 fully saturated rings. The van der Waals surface area contributed by atoms with Crippen LogP contribution in [0.3, 0.4) is 0 Å². The fourth-order valence-electron chi connectivity index (χ4n) is 2.32. The molecule has 2 rings (SSSR count). The molecule has 0 saturated heterocycles. The zero-order valence-electron chi connectivity index (χ0n) is 13.6. The summed E-state index contributed by atoms with van der Waals surface area (Å²) in [6.07, 6.45) is 1.81. The molecule has 1 heterocycles. The maximum atomic E-state index is 12.3. The van der Waals surface area contributed by atoms with Crippen LogP contribution in [0.4, 0.5) is 5.69 Å². The highest BCUT2D eigenvalue weighted by Gasteiger charge is 2.21. The van der Waals surface area contributed by atoms with Gasteiger partial charge in [0.1, 0.15) is 11.1 Å². The van der Waals surface area contributed by atoms with Crippen LogP contribution in [0, 0.1) is 5.92 Å². The Morgan fingerprint density at radius 3 is 2.58 bits per heavy atom. The largest absolute Gasteiger partial charge is 0.480 e. The number of aliphatic carboxylic acids is 1. The van der Waals surface area contributed by atoms with Gasteiger partial charge in [0.25, 0.3) is 5.56 Å². The van der Waals surface area contributed by atoms with Crippen molar-refractivity contribution < 1.29 is 9.90 Å². The first-order chi connectivity index (χ1) is 11.4. The molecule has 1 atom stereocenters. The number of carboxylic acids is 1. The van der Waals surface area contributed by atoms with E-state index in [4.69, 9.17) is 11.6 Å². The summed E-state index contributed by atoms with van der Waals surface area (Å²) in [5.41, 5.74) is 0.699. The summed E-state index contributed by atoms with van der Waals surface area (Å²) in [6, 6.07) is 8.59. The molecule has 0 saturated carbocycles. The Morgan fingerprint density at radius 2 is 2.00 bits per heavy atom. The molecule has 24 heavy (non-hydrogen) atoms. The predicted octanol–water partition coefficient (Wildman–Crippen LogP) is 2.86. The lowest BCUT2D eigenvalue weighted by atomic mass is 10.0. The van der Waals surface area contributed by atoms with Gasteiger partial charge in [-0.25, -0.2) is 9.48 Å². The standard InChI is InChI=1S/C17H20ClN3O3/c1-11(2)8-13(17(23)24)20-14-9-19-21(16(22)15(14)18)10-12-6-4-3-5-7-12/h3-7,9,11,13,20H,8,10H2,1-2H3,(H,23,24)/t13-/m0/s1. The molecular formula is C17H20ClN3O3. The smallest absolute Gasteiger partial charge is 0.326 e. The van der Waals surface area contributed by atoms with Gasteiger partial charge in [-0.3, -0.25) is 4.79 Å². The van der Waals surface area contributed by atoms with Gasteiger partial charge in [-0.2, -0.15) is 5.10 Å². The van der Waals surface area contributed by atoms with Gasteiger partial charge in [0.2, 0.25) is 0 Å². The number of aromatic nitrogens is 2. The lowest BCUT2D eigenvalue weighted by Crippen LogP contribution is -2.32. The molecule has 0 amide bonds. The molecule has 0 spiro atoms. The minimum atomic E-state index is -0.992. The van der Waals surface area contributed by atoms with Gasteiger partial charge in [0.05, 0.1) is 18.4 Å². The van der Waals surface area contributed by atoms with E-state index in [2.05, 4.69) is 10.4 Å². The highest BCUT2D eigenvalue weighted by atomic mass is 35.5. The van der Waals surface area contributed by atoms with Crippen LogP contribution in [-0.2, 0) is 11.3 Å². The van der Waals surface area contributed by atoms with Crippen molar-refractivity contribution in [1.82, 2.24) is 9.78 Å². The number of hydrogen-bond donors (Lipinski definition) is 2. The summed E-state index contributed by atoms with van der Waals surface area (Å²) < 4.78 is 1.25. The topological polar surface area (TPSA) is 84.2 Å². The lowest BCUT2D eigenvalue weighted by molar-refractivity contribution is -0.138. The van der Waals surface area contributed by atoms with E-state index in [1.54, 1.807) is 0 Å². The van der Waals surface area contributed by atoms with Crippen LogP contribution in [0.5, 0.6) is 0 Å². The van der Waals surface area contributed by atoms with Crippen molar-refractivity contribution >= 4 is 23.3 Å². The summed E-state index contributed by atoms with van der Waals surface area (Å²) in [5, 5.41) is 16.1. The average molecular weight is 350 g/mol. The molecule has 6 nitrogen and oxygen atoms in total. The summed E-state index contributed by atoms with van der Waals surface area (Å²) in [6.45, 7) is 4.15. The number of hydrogen-bond acceptors (Lipinski definition) is 4. The van der Waals surface area contributed by atoms with Gasteiger partial charge in [-0.05, 0) is 17.9 Å². The Balaban J connectivity index is 2.23. The van der Waals surface area contributed by atoms with E-state index in [1.807, 2.05) is 44.2 Å². The van der Waals surface area contributed by atoms with E-state index in [9.17, 15) is 14.7 Å². The molecule has 0 aliphatic rings. The van der Waals surface area contributed by atoms with Gasteiger partial charge in [-0.15, -0.1) is 0 Å².